The summed E-state index contributed by atoms with van der Waals surface area (Å²) in [4.78, 5) is 0. The smallest absolute Gasteiger partial charge is 0.181 e. The van der Waals surface area contributed by atoms with Crippen LogP contribution in [0.1, 0.15) is 11.1 Å². The molecule has 0 amide bonds. The van der Waals surface area contributed by atoms with Crippen molar-refractivity contribution in [1.82, 2.24) is 0 Å². The molecule has 0 heterocycles. The minimum Gasteiger partial charge on any atom is -0.292 e. The molecular weight excluding hydrogens is 136 g/mol. The van der Waals surface area contributed by atoms with Crippen LogP contribution in [-0.4, -0.2) is 0 Å². The Balaban J connectivity index is 3.12. The highest BCUT2D eigenvalue weighted by atomic mass is 14.9. The number of hydrogen-bond donors (Lipinski definition) is 1. The van der Waals surface area contributed by atoms with E-state index < -0.39 is 0 Å². The van der Waals surface area contributed by atoms with Crippen molar-refractivity contribution < 1.29 is 0 Å². The Bertz CT molecular complexity index is 277. The van der Waals surface area contributed by atoms with Gasteiger partial charge in [0.25, 0.3) is 0 Å². The summed E-state index contributed by atoms with van der Waals surface area (Å²) in [6.07, 6.45) is 1.92. The SMILES string of the molecule is Cc1cccc(C)c1NC#N. The van der Waals surface area contributed by atoms with E-state index in [9.17, 15) is 0 Å². The summed E-state index contributed by atoms with van der Waals surface area (Å²) in [7, 11) is 0. The quantitative estimate of drug-likeness (QED) is 0.487. The molecule has 0 saturated carbocycles. The van der Waals surface area contributed by atoms with Crippen LogP contribution in [0.4, 0.5) is 5.69 Å². The first-order valence-corrected chi connectivity index (χ1v) is 3.47. The first-order valence-electron chi connectivity index (χ1n) is 3.47. The van der Waals surface area contributed by atoms with E-state index in [-0.39, 0.29) is 0 Å². The fourth-order valence-corrected chi connectivity index (χ4v) is 1.07. The molecule has 2 heteroatoms. The van der Waals surface area contributed by atoms with Gasteiger partial charge >= 0.3 is 0 Å². The Labute approximate surface area is 66.5 Å². The molecule has 1 rings (SSSR count). The lowest BCUT2D eigenvalue weighted by molar-refractivity contribution is 1.35. The van der Waals surface area contributed by atoms with Gasteiger partial charge in [-0.3, -0.25) is 5.32 Å². The molecule has 0 saturated heterocycles. The summed E-state index contributed by atoms with van der Waals surface area (Å²) in [6.45, 7) is 3.96. The molecular formula is C9H10N2. The van der Waals surface area contributed by atoms with E-state index in [4.69, 9.17) is 5.26 Å². The van der Waals surface area contributed by atoms with Crippen molar-refractivity contribution in [3.63, 3.8) is 0 Å². The van der Waals surface area contributed by atoms with Gasteiger partial charge in [0.15, 0.2) is 6.19 Å². The van der Waals surface area contributed by atoms with Crippen molar-refractivity contribution in [2.45, 2.75) is 13.8 Å². The molecule has 0 spiro atoms. The average molecular weight is 146 g/mol. The molecule has 0 fully saturated rings. The van der Waals surface area contributed by atoms with E-state index >= 15 is 0 Å². The van der Waals surface area contributed by atoms with Crippen molar-refractivity contribution in [2.75, 3.05) is 5.32 Å². The summed E-state index contributed by atoms with van der Waals surface area (Å²) in [5, 5.41) is 11.1. The first kappa shape index (κ1) is 7.62. The zero-order valence-corrected chi connectivity index (χ0v) is 6.68. The number of rotatable bonds is 1. The van der Waals surface area contributed by atoms with Gasteiger partial charge in [-0.05, 0) is 25.0 Å². The maximum absolute atomic E-state index is 8.41. The van der Waals surface area contributed by atoms with E-state index in [0.717, 1.165) is 16.8 Å². The van der Waals surface area contributed by atoms with Gasteiger partial charge in [-0.1, -0.05) is 18.2 Å². The number of benzene rings is 1. The third-order valence-electron chi connectivity index (χ3n) is 1.66. The summed E-state index contributed by atoms with van der Waals surface area (Å²) in [5.41, 5.74) is 3.13. The van der Waals surface area contributed by atoms with Crippen molar-refractivity contribution in [2.24, 2.45) is 0 Å². The minimum atomic E-state index is 0.926. The van der Waals surface area contributed by atoms with Crippen molar-refractivity contribution >= 4 is 5.69 Å². The highest BCUT2D eigenvalue weighted by Crippen LogP contribution is 2.18. The fourth-order valence-electron chi connectivity index (χ4n) is 1.07. The van der Waals surface area contributed by atoms with Gasteiger partial charge in [-0.2, -0.15) is 5.26 Å². The lowest BCUT2D eigenvalue weighted by Gasteiger charge is -2.05. The highest BCUT2D eigenvalue weighted by molar-refractivity contribution is 5.58. The van der Waals surface area contributed by atoms with Gasteiger partial charge < -0.3 is 0 Å². The second-order valence-corrected chi connectivity index (χ2v) is 2.50. The Kier molecular flexibility index (Phi) is 2.12. The standard InChI is InChI=1S/C9H10N2/c1-7-4-3-5-8(2)9(7)11-6-10/h3-5,11H,1-2H3. The molecule has 56 valence electrons. The van der Waals surface area contributed by atoms with Crippen LogP contribution >= 0.6 is 0 Å². The minimum absolute atomic E-state index is 0.926. The molecule has 0 aliphatic rings. The van der Waals surface area contributed by atoms with Gasteiger partial charge in [0, 0.05) is 0 Å². The molecule has 1 N–H and O–H groups in total. The number of aryl methyl sites for hydroxylation is 2. The highest BCUT2D eigenvalue weighted by Gasteiger charge is 1.98. The van der Waals surface area contributed by atoms with E-state index in [0.29, 0.717) is 0 Å². The fraction of sp³-hybridized carbons (Fsp3) is 0.222. The van der Waals surface area contributed by atoms with Gasteiger partial charge in [0.1, 0.15) is 0 Å². The third-order valence-corrected chi connectivity index (χ3v) is 1.66. The zero-order chi connectivity index (χ0) is 8.27. The molecule has 0 bridgehead atoms. The van der Waals surface area contributed by atoms with Gasteiger partial charge in [-0.25, -0.2) is 0 Å². The molecule has 0 aliphatic heterocycles. The van der Waals surface area contributed by atoms with E-state index in [1.165, 1.54) is 0 Å². The molecule has 0 atom stereocenters. The second-order valence-electron chi connectivity index (χ2n) is 2.50. The van der Waals surface area contributed by atoms with Crippen LogP contribution in [0, 0.1) is 25.3 Å². The number of nitriles is 1. The van der Waals surface area contributed by atoms with Crippen LogP contribution in [0.3, 0.4) is 0 Å². The maximum atomic E-state index is 8.41. The molecule has 11 heavy (non-hydrogen) atoms. The third kappa shape index (κ3) is 1.50. The Morgan fingerprint density at radius 1 is 1.27 bits per heavy atom. The van der Waals surface area contributed by atoms with E-state index in [2.05, 4.69) is 5.32 Å². The second kappa shape index (κ2) is 3.07. The molecule has 1 aromatic carbocycles. The summed E-state index contributed by atoms with van der Waals surface area (Å²) in [5.74, 6) is 0. The van der Waals surface area contributed by atoms with Gasteiger partial charge in [0.2, 0.25) is 0 Å². The zero-order valence-electron chi connectivity index (χ0n) is 6.68. The molecule has 0 radical (unpaired) electrons. The van der Waals surface area contributed by atoms with E-state index in [1.54, 1.807) is 0 Å². The lowest BCUT2D eigenvalue weighted by atomic mass is 10.1. The summed E-state index contributed by atoms with van der Waals surface area (Å²) >= 11 is 0. The Hall–Kier alpha value is -1.49. The largest absolute Gasteiger partial charge is 0.292 e. The lowest BCUT2D eigenvalue weighted by Crippen LogP contribution is -1.93. The van der Waals surface area contributed by atoms with Gasteiger partial charge in [-0.15, -0.1) is 0 Å². The van der Waals surface area contributed by atoms with Crippen molar-refractivity contribution in [1.29, 1.82) is 5.26 Å². The van der Waals surface area contributed by atoms with Crippen LogP contribution in [-0.2, 0) is 0 Å². The van der Waals surface area contributed by atoms with Crippen molar-refractivity contribution in [3.8, 4) is 6.19 Å². The van der Waals surface area contributed by atoms with E-state index in [1.807, 2.05) is 38.2 Å². The monoisotopic (exact) mass is 146 g/mol. The molecule has 0 aromatic heterocycles. The normalized spacial score (nSPS) is 8.82. The number of para-hydroxylation sites is 1. The van der Waals surface area contributed by atoms with Crippen molar-refractivity contribution in [3.05, 3.63) is 29.3 Å². The molecule has 1 aromatic rings. The topological polar surface area (TPSA) is 35.8 Å². The van der Waals surface area contributed by atoms with Gasteiger partial charge in [0.05, 0.1) is 5.69 Å². The maximum Gasteiger partial charge on any atom is 0.181 e. The number of hydrogen-bond acceptors (Lipinski definition) is 2. The van der Waals surface area contributed by atoms with Crippen LogP contribution in [0.2, 0.25) is 0 Å². The number of nitrogens with one attached hydrogen (secondary N) is 1. The van der Waals surface area contributed by atoms with Crippen LogP contribution < -0.4 is 5.32 Å². The summed E-state index contributed by atoms with van der Waals surface area (Å²) < 4.78 is 0. The average Bonchev–Trinajstić information content (AvgIpc) is 1.97. The molecule has 0 unspecified atom stereocenters. The predicted molar refractivity (Wildman–Crippen MR) is 45.2 cm³/mol. The number of anilines is 1. The van der Waals surface area contributed by atoms with Crippen LogP contribution in [0.5, 0.6) is 0 Å². The molecule has 2 nitrogen and oxygen atoms in total. The van der Waals surface area contributed by atoms with Crippen LogP contribution in [0.25, 0.3) is 0 Å². The first-order chi connectivity index (χ1) is 5.25. The van der Waals surface area contributed by atoms with Crippen LogP contribution in [0.15, 0.2) is 18.2 Å². The molecule has 0 aliphatic carbocycles. The predicted octanol–water partition coefficient (Wildman–Crippen LogP) is 2.20. The number of nitrogens with zero attached hydrogens (tertiary/aromatic N) is 1. The Morgan fingerprint density at radius 2 is 1.82 bits per heavy atom. The Morgan fingerprint density at radius 3 is 2.27 bits per heavy atom. The summed E-state index contributed by atoms with van der Waals surface area (Å²) in [6, 6.07) is 5.94.